The van der Waals surface area contributed by atoms with E-state index in [-0.39, 0.29) is 0 Å². The maximum Gasteiger partial charge on any atom is 0.248 e. The van der Waals surface area contributed by atoms with Crippen molar-refractivity contribution in [3.63, 3.8) is 0 Å². The zero-order chi connectivity index (χ0) is 19.2. The standard InChI is InChI=1S/C22H22ClN3O/c1-15-11-16(13-25-10-9-17-5-2-3-8-20(17)23)14-26-21(15)18-6-4-7-19(12-18)22(24)27/h2-8,11-12,14,25H,9-10,13H2,1H3,(H2,24,27). The number of amides is 1. The van der Waals surface area contributed by atoms with Crippen LogP contribution in [0.15, 0.2) is 60.8 Å². The van der Waals surface area contributed by atoms with Crippen molar-refractivity contribution >= 4 is 17.5 Å². The molecule has 1 aromatic heterocycles. The topological polar surface area (TPSA) is 68.0 Å². The molecular formula is C22H22ClN3O. The van der Waals surface area contributed by atoms with Gasteiger partial charge in [0.1, 0.15) is 0 Å². The highest BCUT2D eigenvalue weighted by Crippen LogP contribution is 2.22. The fourth-order valence-electron chi connectivity index (χ4n) is 3.01. The first kappa shape index (κ1) is 19.1. The molecule has 0 bridgehead atoms. The van der Waals surface area contributed by atoms with Gasteiger partial charge in [0.15, 0.2) is 0 Å². The summed E-state index contributed by atoms with van der Waals surface area (Å²) in [5, 5.41) is 4.23. The van der Waals surface area contributed by atoms with E-state index in [1.165, 1.54) is 0 Å². The van der Waals surface area contributed by atoms with Gasteiger partial charge in [-0.05, 0) is 54.8 Å². The molecule has 0 unspecified atom stereocenters. The summed E-state index contributed by atoms with van der Waals surface area (Å²) in [5.41, 5.74) is 10.9. The highest BCUT2D eigenvalue weighted by atomic mass is 35.5. The minimum atomic E-state index is -0.436. The van der Waals surface area contributed by atoms with Crippen LogP contribution in [0.25, 0.3) is 11.3 Å². The van der Waals surface area contributed by atoms with Crippen LogP contribution in [-0.4, -0.2) is 17.4 Å². The van der Waals surface area contributed by atoms with Gasteiger partial charge >= 0.3 is 0 Å². The number of rotatable bonds is 7. The molecule has 3 aromatic rings. The predicted octanol–water partition coefficient (Wildman–Crippen LogP) is 4.14. The lowest BCUT2D eigenvalue weighted by atomic mass is 10.0. The number of hydrogen-bond donors (Lipinski definition) is 2. The number of nitrogens with zero attached hydrogens (tertiary/aromatic N) is 1. The number of carbonyl (C=O) groups is 1. The minimum absolute atomic E-state index is 0.436. The van der Waals surface area contributed by atoms with Crippen molar-refractivity contribution < 1.29 is 4.79 Å². The molecule has 0 aliphatic rings. The fraction of sp³-hybridized carbons (Fsp3) is 0.182. The first-order valence-corrected chi connectivity index (χ1v) is 9.22. The zero-order valence-corrected chi connectivity index (χ0v) is 16.0. The Morgan fingerprint density at radius 2 is 1.96 bits per heavy atom. The number of pyridine rings is 1. The lowest BCUT2D eigenvalue weighted by Crippen LogP contribution is -2.17. The van der Waals surface area contributed by atoms with E-state index < -0.39 is 5.91 Å². The van der Waals surface area contributed by atoms with Gasteiger partial charge in [0.2, 0.25) is 5.91 Å². The summed E-state index contributed by atoms with van der Waals surface area (Å²) in [6.07, 6.45) is 2.74. The van der Waals surface area contributed by atoms with Crippen LogP contribution < -0.4 is 11.1 Å². The number of carbonyl (C=O) groups excluding carboxylic acids is 1. The van der Waals surface area contributed by atoms with Gasteiger partial charge in [0.05, 0.1) is 5.69 Å². The fourth-order valence-corrected chi connectivity index (χ4v) is 3.24. The number of primary amides is 1. The molecule has 0 saturated heterocycles. The molecule has 138 valence electrons. The Morgan fingerprint density at radius 1 is 1.15 bits per heavy atom. The Hall–Kier alpha value is -2.69. The molecule has 1 amide bonds. The highest BCUT2D eigenvalue weighted by molar-refractivity contribution is 6.31. The summed E-state index contributed by atoms with van der Waals surface area (Å²) in [5.74, 6) is -0.436. The van der Waals surface area contributed by atoms with E-state index in [1.54, 1.807) is 12.1 Å². The lowest BCUT2D eigenvalue weighted by molar-refractivity contribution is 0.100. The molecule has 2 aromatic carbocycles. The van der Waals surface area contributed by atoms with Crippen LogP contribution >= 0.6 is 11.6 Å². The lowest BCUT2D eigenvalue weighted by Gasteiger charge is -2.10. The number of hydrogen-bond acceptors (Lipinski definition) is 3. The van der Waals surface area contributed by atoms with Crippen molar-refractivity contribution in [2.24, 2.45) is 5.73 Å². The number of benzene rings is 2. The van der Waals surface area contributed by atoms with Gasteiger partial charge < -0.3 is 11.1 Å². The molecule has 0 saturated carbocycles. The van der Waals surface area contributed by atoms with E-state index in [9.17, 15) is 4.79 Å². The van der Waals surface area contributed by atoms with E-state index in [1.807, 2.05) is 49.5 Å². The quantitative estimate of drug-likeness (QED) is 0.606. The van der Waals surface area contributed by atoms with Gasteiger partial charge in [-0.3, -0.25) is 9.78 Å². The molecule has 0 radical (unpaired) electrons. The van der Waals surface area contributed by atoms with Crippen LogP contribution in [0.1, 0.15) is 27.0 Å². The van der Waals surface area contributed by atoms with E-state index in [0.717, 1.165) is 52.5 Å². The van der Waals surface area contributed by atoms with Crippen molar-refractivity contribution in [1.29, 1.82) is 0 Å². The third-order valence-corrected chi connectivity index (χ3v) is 4.78. The summed E-state index contributed by atoms with van der Waals surface area (Å²) in [4.78, 5) is 16.0. The van der Waals surface area contributed by atoms with Gasteiger partial charge in [-0.15, -0.1) is 0 Å². The summed E-state index contributed by atoms with van der Waals surface area (Å²) >= 11 is 6.18. The van der Waals surface area contributed by atoms with Crippen molar-refractivity contribution in [1.82, 2.24) is 10.3 Å². The Bertz CT molecular complexity index is 956. The van der Waals surface area contributed by atoms with E-state index in [0.29, 0.717) is 5.56 Å². The Kier molecular flexibility index (Phi) is 6.22. The predicted molar refractivity (Wildman–Crippen MR) is 110 cm³/mol. The SMILES string of the molecule is Cc1cc(CNCCc2ccccc2Cl)cnc1-c1cccc(C(N)=O)c1. The van der Waals surface area contributed by atoms with Gasteiger partial charge in [-0.25, -0.2) is 0 Å². The van der Waals surface area contributed by atoms with Crippen molar-refractivity contribution in [3.8, 4) is 11.3 Å². The number of aromatic nitrogens is 1. The molecular weight excluding hydrogens is 358 g/mol. The molecule has 0 aliphatic carbocycles. The average molecular weight is 380 g/mol. The van der Waals surface area contributed by atoms with Crippen LogP contribution in [0.3, 0.4) is 0 Å². The maximum absolute atomic E-state index is 11.4. The van der Waals surface area contributed by atoms with Crippen LogP contribution in [-0.2, 0) is 13.0 Å². The van der Waals surface area contributed by atoms with Gasteiger partial charge in [-0.1, -0.05) is 48.0 Å². The monoisotopic (exact) mass is 379 g/mol. The Labute approximate surface area is 164 Å². The highest BCUT2D eigenvalue weighted by Gasteiger charge is 2.08. The number of nitrogens with one attached hydrogen (secondary N) is 1. The molecule has 0 fully saturated rings. The largest absolute Gasteiger partial charge is 0.366 e. The molecule has 0 spiro atoms. The van der Waals surface area contributed by atoms with Gasteiger partial charge in [0, 0.05) is 28.9 Å². The second kappa shape index (κ2) is 8.80. The smallest absolute Gasteiger partial charge is 0.248 e. The number of halogens is 1. The van der Waals surface area contributed by atoms with Crippen molar-refractivity contribution in [2.45, 2.75) is 19.9 Å². The number of aryl methyl sites for hydroxylation is 1. The Morgan fingerprint density at radius 3 is 2.70 bits per heavy atom. The molecule has 5 heteroatoms. The maximum atomic E-state index is 11.4. The van der Waals surface area contributed by atoms with Gasteiger partial charge in [0.25, 0.3) is 0 Å². The van der Waals surface area contributed by atoms with Crippen molar-refractivity contribution in [2.75, 3.05) is 6.54 Å². The van der Waals surface area contributed by atoms with Crippen molar-refractivity contribution in [3.05, 3.63) is 88.1 Å². The van der Waals surface area contributed by atoms with Crippen LogP contribution in [0.4, 0.5) is 0 Å². The third-order valence-electron chi connectivity index (χ3n) is 4.41. The first-order valence-electron chi connectivity index (χ1n) is 8.84. The molecule has 3 N–H and O–H groups in total. The van der Waals surface area contributed by atoms with Crippen LogP contribution in [0, 0.1) is 6.92 Å². The van der Waals surface area contributed by atoms with Gasteiger partial charge in [-0.2, -0.15) is 0 Å². The molecule has 3 rings (SSSR count). The molecule has 0 atom stereocenters. The van der Waals surface area contributed by atoms with E-state index >= 15 is 0 Å². The van der Waals surface area contributed by atoms with Crippen LogP contribution in [0.5, 0.6) is 0 Å². The first-order chi connectivity index (χ1) is 13.0. The zero-order valence-electron chi connectivity index (χ0n) is 15.2. The third kappa shape index (κ3) is 4.94. The second-order valence-electron chi connectivity index (χ2n) is 6.47. The summed E-state index contributed by atoms with van der Waals surface area (Å²) < 4.78 is 0. The normalized spacial score (nSPS) is 10.7. The van der Waals surface area contributed by atoms with E-state index in [4.69, 9.17) is 17.3 Å². The molecule has 4 nitrogen and oxygen atoms in total. The number of nitrogens with two attached hydrogens (primary N) is 1. The second-order valence-corrected chi connectivity index (χ2v) is 6.88. The summed E-state index contributed by atoms with van der Waals surface area (Å²) in [7, 11) is 0. The van der Waals surface area contributed by atoms with Crippen LogP contribution in [0.2, 0.25) is 5.02 Å². The molecule has 27 heavy (non-hydrogen) atoms. The molecule has 1 heterocycles. The minimum Gasteiger partial charge on any atom is -0.366 e. The average Bonchev–Trinajstić information content (AvgIpc) is 2.66. The summed E-state index contributed by atoms with van der Waals surface area (Å²) in [6.45, 7) is 3.59. The van der Waals surface area contributed by atoms with E-state index in [2.05, 4.69) is 16.4 Å². The summed E-state index contributed by atoms with van der Waals surface area (Å²) in [6, 6.07) is 17.2. The Balaban J connectivity index is 1.62. The molecule has 0 aliphatic heterocycles.